The lowest BCUT2D eigenvalue weighted by molar-refractivity contribution is -0.152. The van der Waals surface area contributed by atoms with Gasteiger partial charge in [0.1, 0.15) is 0 Å². The lowest BCUT2D eigenvalue weighted by atomic mass is 10.1. The fourth-order valence-electron chi connectivity index (χ4n) is 1.32. The molecule has 0 bridgehead atoms. The molecule has 1 rings (SSSR count). The predicted octanol–water partition coefficient (Wildman–Crippen LogP) is 2.57. The first kappa shape index (κ1) is 13.5. The van der Waals surface area contributed by atoms with Crippen molar-refractivity contribution in [2.24, 2.45) is 0 Å². The van der Waals surface area contributed by atoms with E-state index in [1.165, 1.54) is 26.4 Å². The second-order valence-electron chi connectivity index (χ2n) is 3.26. The van der Waals surface area contributed by atoms with Crippen LogP contribution in [0.3, 0.4) is 0 Å². The third-order valence-corrected chi connectivity index (χ3v) is 2.19. The lowest BCUT2D eigenvalue weighted by Crippen LogP contribution is -2.16. The van der Waals surface area contributed by atoms with E-state index in [2.05, 4.69) is 4.74 Å². The van der Waals surface area contributed by atoms with Gasteiger partial charge in [-0.2, -0.15) is 13.2 Å². The van der Waals surface area contributed by atoms with E-state index in [1.54, 1.807) is 0 Å². The van der Waals surface area contributed by atoms with Gasteiger partial charge in [0.2, 0.25) is 0 Å². The van der Waals surface area contributed by atoms with Gasteiger partial charge in [0.05, 0.1) is 12.7 Å². The van der Waals surface area contributed by atoms with Crippen LogP contribution in [0.2, 0.25) is 0 Å². The molecule has 0 saturated carbocycles. The standard InChI is InChI=1S/C11H11F3O3/c1-16-9(10(15)17-2)7-3-5-8(6-4-7)11(12,13)14/h3-6,9H,1-2H3. The van der Waals surface area contributed by atoms with E-state index < -0.39 is 23.8 Å². The van der Waals surface area contributed by atoms with Crippen molar-refractivity contribution in [2.45, 2.75) is 12.3 Å². The minimum atomic E-state index is -4.40. The van der Waals surface area contributed by atoms with E-state index in [0.29, 0.717) is 5.56 Å². The van der Waals surface area contributed by atoms with Gasteiger partial charge in [0.15, 0.2) is 6.10 Å². The van der Waals surface area contributed by atoms with Crippen molar-refractivity contribution in [1.29, 1.82) is 0 Å². The van der Waals surface area contributed by atoms with Gasteiger partial charge >= 0.3 is 12.1 Å². The van der Waals surface area contributed by atoms with Gasteiger partial charge in [0.25, 0.3) is 0 Å². The molecule has 0 aliphatic carbocycles. The maximum Gasteiger partial charge on any atom is 0.416 e. The number of methoxy groups -OCH3 is 2. The third-order valence-electron chi connectivity index (χ3n) is 2.19. The smallest absolute Gasteiger partial charge is 0.416 e. The minimum Gasteiger partial charge on any atom is -0.467 e. The summed E-state index contributed by atoms with van der Waals surface area (Å²) in [6.07, 6.45) is -5.41. The highest BCUT2D eigenvalue weighted by molar-refractivity contribution is 5.76. The Kier molecular flexibility index (Phi) is 4.11. The van der Waals surface area contributed by atoms with Crippen LogP contribution in [-0.2, 0) is 20.4 Å². The summed E-state index contributed by atoms with van der Waals surface area (Å²) in [6, 6.07) is 4.16. The van der Waals surface area contributed by atoms with Crippen molar-refractivity contribution in [3.05, 3.63) is 35.4 Å². The minimum absolute atomic E-state index is 0.312. The van der Waals surface area contributed by atoms with Crippen LogP contribution in [0.25, 0.3) is 0 Å². The second-order valence-corrected chi connectivity index (χ2v) is 3.26. The number of alkyl halides is 3. The van der Waals surface area contributed by atoms with Crippen LogP contribution in [0, 0.1) is 0 Å². The molecule has 0 saturated heterocycles. The number of halogens is 3. The average Bonchev–Trinajstić information content (AvgIpc) is 2.29. The first-order chi connectivity index (χ1) is 7.90. The molecule has 6 heteroatoms. The molecule has 0 heterocycles. The van der Waals surface area contributed by atoms with Gasteiger partial charge < -0.3 is 9.47 Å². The number of ether oxygens (including phenoxy) is 2. The summed E-state index contributed by atoms with van der Waals surface area (Å²) in [7, 11) is 2.46. The maximum atomic E-state index is 12.3. The van der Waals surface area contributed by atoms with Crippen molar-refractivity contribution < 1.29 is 27.4 Å². The van der Waals surface area contributed by atoms with Gasteiger partial charge in [-0.15, -0.1) is 0 Å². The summed E-state index contributed by atoms with van der Waals surface area (Å²) >= 11 is 0. The molecule has 0 fully saturated rings. The number of carbonyl (C=O) groups excluding carboxylic acids is 1. The van der Waals surface area contributed by atoms with E-state index >= 15 is 0 Å². The quantitative estimate of drug-likeness (QED) is 0.771. The first-order valence-corrected chi connectivity index (χ1v) is 4.68. The van der Waals surface area contributed by atoms with Crippen molar-refractivity contribution >= 4 is 5.97 Å². The largest absolute Gasteiger partial charge is 0.467 e. The Labute approximate surface area is 96.1 Å². The topological polar surface area (TPSA) is 35.5 Å². The van der Waals surface area contributed by atoms with Crippen molar-refractivity contribution in [2.75, 3.05) is 14.2 Å². The summed E-state index contributed by atoms with van der Waals surface area (Å²) in [5, 5.41) is 0. The molecule has 3 nitrogen and oxygen atoms in total. The highest BCUT2D eigenvalue weighted by Crippen LogP contribution is 2.30. The number of hydrogen-bond acceptors (Lipinski definition) is 3. The van der Waals surface area contributed by atoms with Crippen LogP contribution >= 0.6 is 0 Å². The molecule has 0 N–H and O–H groups in total. The van der Waals surface area contributed by atoms with E-state index in [9.17, 15) is 18.0 Å². The number of rotatable bonds is 3. The molecule has 1 atom stereocenters. The zero-order valence-corrected chi connectivity index (χ0v) is 9.25. The molecule has 0 aliphatic rings. The molecule has 0 amide bonds. The van der Waals surface area contributed by atoms with E-state index in [4.69, 9.17) is 4.74 Å². The predicted molar refractivity (Wildman–Crippen MR) is 53.2 cm³/mol. The third kappa shape index (κ3) is 3.20. The highest BCUT2D eigenvalue weighted by atomic mass is 19.4. The summed E-state index contributed by atoms with van der Waals surface area (Å²) in [5.74, 6) is -0.660. The van der Waals surface area contributed by atoms with E-state index in [0.717, 1.165) is 12.1 Å². The molecular weight excluding hydrogens is 237 g/mol. The SMILES string of the molecule is COC(=O)C(OC)c1ccc(C(F)(F)F)cc1. The molecule has 0 aliphatic heterocycles. The van der Waals surface area contributed by atoms with E-state index in [1.807, 2.05) is 0 Å². The van der Waals surface area contributed by atoms with Crippen molar-refractivity contribution in [3.63, 3.8) is 0 Å². The van der Waals surface area contributed by atoms with Crippen LogP contribution in [0.1, 0.15) is 17.2 Å². The van der Waals surface area contributed by atoms with Crippen LogP contribution in [-0.4, -0.2) is 20.2 Å². The molecule has 0 radical (unpaired) electrons. The summed E-state index contributed by atoms with van der Waals surface area (Å²) in [6.45, 7) is 0. The molecule has 17 heavy (non-hydrogen) atoms. The van der Waals surface area contributed by atoms with Crippen LogP contribution < -0.4 is 0 Å². The molecular formula is C11H11F3O3. The maximum absolute atomic E-state index is 12.3. The van der Waals surface area contributed by atoms with Gasteiger partial charge in [-0.1, -0.05) is 12.1 Å². The van der Waals surface area contributed by atoms with Gasteiger partial charge in [-0.25, -0.2) is 4.79 Å². The Hall–Kier alpha value is -1.56. The Bertz CT molecular complexity index is 384. The zero-order chi connectivity index (χ0) is 13.1. The number of hydrogen-bond donors (Lipinski definition) is 0. The highest BCUT2D eigenvalue weighted by Gasteiger charge is 2.30. The monoisotopic (exact) mass is 248 g/mol. The molecule has 94 valence electrons. The Morgan fingerprint density at radius 1 is 1.18 bits per heavy atom. The van der Waals surface area contributed by atoms with E-state index in [-0.39, 0.29) is 0 Å². The van der Waals surface area contributed by atoms with Gasteiger partial charge in [-0.05, 0) is 17.7 Å². The number of esters is 1. The van der Waals surface area contributed by atoms with Gasteiger partial charge in [-0.3, -0.25) is 0 Å². The molecule has 1 aromatic rings. The Morgan fingerprint density at radius 2 is 1.71 bits per heavy atom. The van der Waals surface area contributed by atoms with Crippen molar-refractivity contribution in [1.82, 2.24) is 0 Å². The fraction of sp³-hybridized carbons (Fsp3) is 0.364. The summed E-state index contributed by atoms with van der Waals surface area (Å²) < 4.78 is 46.2. The molecule has 1 unspecified atom stereocenters. The molecule has 1 aromatic carbocycles. The van der Waals surface area contributed by atoms with Crippen molar-refractivity contribution in [3.8, 4) is 0 Å². The fourth-order valence-corrected chi connectivity index (χ4v) is 1.32. The normalized spacial score (nSPS) is 13.2. The summed E-state index contributed by atoms with van der Waals surface area (Å²) in [5.41, 5.74) is -0.465. The lowest BCUT2D eigenvalue weighted by Gasteiger charge is -2.14. The van der Waals surface area contributed by atoms with Crippen LogP contribution in [0.4, 0.5) is 13.2 Å². The summed E-state index contributed by atoms with van der Waals surface area (Å²) in [4.78, 5) is 11.3. The molecule has 0 aromatic heterocycles. The average molecular weight is 248 g/mol. The zero-order valence-electron chi connectivity index (χ0n) is 9.25. The Morgan fingerprint density at radius 3 is 2.06 bits per heavy atom. The Balaban J connectivity index is 2.97. The number of carbonyl (C=O) groups is 1. The van der Waals surface area contributed by atoms with Crippen LogP contribution in [0.15, 0.2) is 24.3 Å². The first-order valence-electron chi connectivity index (χ1n) is 4.68. The number of benzene rings is 1. The van der Waals surface area contributed by atoms with Crippen LogP contribution in [0.5, 0.6) is 0 Å². The molecule has 0 spiro atoms. The second kappa shape index (κ2) is 5.18. The van der Waals surface area contributed by atoms with Gasteiger partial charge in [0, 0.05) is 7.11 Å².